The first-order valence-electron chi connectivity index (χ1n) is 6.68. The van der Waals surface area contributed by atoms with E-state index in [1.807, 2.05) is 0 Å². The van der Waals surface area contributed by atoms with Gasteiger partial charge in [0.1, 0.15) is 36.8 Å². The van der Waals surface area contributed by atoms with E-state index in [0.29, 0.717) is 11.2 Å². The summed E-state index contributed by atoms with van der Waals surface area (Å²) >= 11 is 0. The number of carbonyl (C=O) groups excluding carboxylic acids is 1. The maximum atomic E-state index is 11.0. The van der Waals surface area contributed by atoms with Crippen molar-refractivity contribution in [3.8, 4) is 0 Å². The van der Waals surface area contributed by atoms with E-state index in [0.717, 1.165) is 7.11 Å². The van der Waals surface area contributed by atoms with E-state index in [1.54, 1.807) is 0 Å². The third-order valence-corrected chi connectivity index (χ3v) is 3.53. The number of anilines is 1. The van der Waals surface area contributed by atoms with E-state index in [9.17, 15) is 15.0 Å². The molecule has 1 fully saturated rings. The third kappa shape index (κ3) is 2.65. The predicted molar refractivity (Wildman–Crippen MR) is 74.0 cm³/mol. The zero-order valence-electron chi connectivity index (χ0n) is 12.1. The van der Waals surface area contributed by atoms with Crippen molar-refractivity contribution in [3.63, 3.8) is 0 Å². The van der Waals surface area contributed by atoms with Crippen LogP contribution >= 0.6 is 0 Å². The number of methoxy groups -OCH3 is 1. The lowest BCUT2D eigenvalue weighted by molar-refractivity contribution is -0.0595. The van der Waals surface area contributed by atoms with Crippen molar-refractivity contribution in [2.24, 2.45) is 0 Å². The number of ether oxygens (including phenoxy) is 3. The Kier molecular flexibility index (Phi) is 3.98. The largest absolute Gasteiger partial charge is 0.508 e. The summed E-state index contributed by atoms with van der Waals surface area (Å²) in [4.78, 5) is 22.9. The fourth-order valence-corrected chi connectivity index (χ4v) is 2.36. The summed E-state index contributed by atoms with van der Waals surface area (Å²) in [6, 6.07) is 0. The Morgan fingerprint density at radius 1 is 1.39 bits per heavy atom. The van der Waals surface area contributed by atoms with Crippen molar-refractivity contribution in [2.75, 3.05) is 19.5 Å². The number of aliphatic hydroxyl groups is 2. The van der Waals surface area contributed by atoms with Crippen LogP contribution in [0.3, 0.4) is 0 Å². The van der Waals surface area contributed by atoms with E-state index in [1.165, 1.54) is 17.2 Å². The van der Waals surface area contributed by atoms with E-state index in [2.05, 4.69) is 19.7 Å². The molecule has 124 valence electrons. The van der Waals surface area contributed by atoms with Gasteiger partial charge in [0.15, 0.2) is 17.7 Å². The molecule has 0 aromatic carbocycles. The molecule has 1 saturated heterocycles. The molecule has 11 heteroatoms. The lowest BCUT2D eigenvalue weighted by Gasteiger charge is -2.16. The molecule has 0 aliphatic carbocycles. The molecular weight excluding hydrogens is 310 g/mol. The molecule has 4 atom stereocenters. The van der Waals surface area contributed by atoms with Gasteiger partial charge in [-0.1, -0.05) is 0 Å². The van der Waals surface area contributed by atoms with E-state index < -0.39 is 30.7 Å². The minimum absolute atomic E-state index is 0.187. The van der Waals surface area contributed by atoms with Crippen molar-refractivity contribution in [1.29, 1.82) is 0 Å². The molecule has 23 heavy (non-hydrogen) atoms. The molecule has 0 radical (unpaired) electrons. The molecule has 0 unspecified atom stereocenters. The van der Waals surface area contributed by atoms with Gasteiger partial charge in [0.25, 0.3) is 0 Å². The number of nitrogens with zero attached hydrogens (tertiary/aromatic N) is 4. The Hall–Kier alpha value is -2.50. The third-order valence-electron chi connectivity index (χ3n) is 3.53. The van der Waals surface area contributed by atoms with Crippen molar-refractivity contribution in [2.45, 2.75) is 24.5 Å². The molecule has 0 bridgehead atoms. The number of carbonyl (C=O) groups is 1. The van der Waals surface area contributed by atoms with Crippen molar-refractivity contribution >= 4 is 23.1 Å². The first-order chi connectivity index (χ1) is 11.0. The summed E-state index contributed by atoms with van der Waals surface area (Å²) in [7, 11) is 1.16. The highest BCUT2D eigenvalue weighted by atomic mass is 16.7. The SMILES string of the molecule is COC(=O)OC[C@H]1O[C@@H](n2cnc3c(N)ncnc32)[C@H](O)[C@@H]1O. The number of imidazole rings is 1. The minimum Gasteiger partial charge on any atom is -0.438 e. The molecule has 11 nitrogen and oxygen atoms in total. The van der Waals surface area contributed by atoms with E-state index in [4.69, 9.17) is 15.2 Å². The predicted octanol–water partition coefficient (Wildman–Crippen LogP) is -1.19. The molecule has 0 amide bonds. The molecule has 4 N–H and O–H groups in total. The normalized spacial score (nSPS) is 27.3. The molecule has 3 rings (SSSR count). The molecule has 1 aliphatic rings. The van der Waals surface area contributed by atoms with Gasteiger partial charge in [-0.15, -0.1) is 0 Å². The summed E-state index contributed by atoms with van der Waals surface area (Å²) in [6.07, 6.45) is -2.70. The number of hydrogen-bond acceptors (Lipinski definition) is 10. The number of rotatable bonds is 3. The van der Waals surface area contributed by atoms with Crippen LogP contribution in [0.25, 0.3) is 11.2 Å². The van der Waals surface area contributed by atoms with Crippen LogP contribution in [0.5, 0.6) is 0 Å². The number of aliphatic hydroxyl groups excluding tert-OH is 2. The Labute approximate surface area is 129 Å². The average Bonchev–Trinajstić information content (AvgIpc) is 3.09. The zero-order valence-corrected chi connectivity index (χ0v) is 12.1. The molecule has 0 spiro atoms. The topological polar surface area (TPSA) is 155 Å². The number of fused-ring (bicyclic) bond motifs is 1. The summed E-state index contributed by atoms with van der Waals surface area (Å²) in [5.74, 6) is 0.187. The van der Waals surface area contributed by atoms with Crippen LogP contribution in [0.4, 0.5) is 10.6 Å². The molecule has 3 heterocycles. The van der Waals surface area contributed by atoms with Gasteiger partial charge >= 0.3 is 6.16 Å². The van der Waals surface area contributed by atoms with Crippen LogP contribution in [0.15, 0.2) is 12.7 Å². The van der Waals surface area contributed by atoms with Crippen molar-refractivity contribution < 1.29 is 29.2 Å². The van der Waals surface area contributed by atoms with Gasteiger partial charge in [-0.3, -0.25) is 4.57 Å². The average molecular weight is 325 g/mol. The van der Waals surface area contributed by atoms with Crippen LogP contribution in [-0.4, -0.2) is 67.9 Å². The monoisotopic (exact) mass is 325 g/mol. The van der Waals surface area contributed by atoms with Crippen LogP contribution in [0, 0.1) is 0 Å². The smallest absolute Gasteiger partial charge is 0.438 e. The fourth-order valence-electron chi connectivity index (χ4n) is 2.36. The van der Waals surface area contributed by atoms with Gasteiger partial charge in [0.2, 0.25) is 0 Å². The first kappa shape index (κ1) is 15.4. The fraction of sp³-hybridized carbons (Fsp3) is 0.500. The zero-order chi connectivity index (χ0) is 16.6. The highest BCUT2D eigenvalue weighted by molar-refractivity contribution is 5.81. The Bertz CT molecular complexity index is 721. The quantitative estimate of drug-likeness (QED) is 0.586. The second-order valence-corrected chi connectivity index (χ2v) is 4.89. The lowest BCUT2D eigenvalue weighted by Crippen LogP contribution is -2.34. The first-order valence-corrected chi connectivity index (χ1v) is 6.68. The second-order valence-electron chi connectivity index (χ2n) is 4.89. The summed E-state index contributed by atoms with van der Waals surface area (Å²) in [5, 5.41) is 20.2. The van der Waals surface area contributed by atoms with Gasteiger partial charge in [-0.25, -0.2) is 19.7 Å². The Balaban J connectivity index is 1.82. The standard InChI is InChI=1S/C12H15N5O6/c1-21-12(20)22-2-5-7(18)8(19)11(23-5)17-4-16-6-9(13)14-3-15-10(6)17/h3-5,7-8,11,18-19H,2H2,1H3,(H2,13,14,15)/t5-,7-,8-,11-/m1/s1. The number of hydrogen-bond donors (Lipinski definition) is 3. The van der Waals surface area contributed by atoms with Gasteiger partial charge in [0, 0.05) is 0 Å². The summed E-state index contributed by atoms with van der Waals surface area (Å²) in [5.41, 5.74) is 6.41. The summed E-state index contributed by atoms with van der Waals surface area (Å²) < 4.78 is 16.1. The van der Waals surface area contributed by atoms with Gasteiger partial charge in [0.05, 0.1) is 13.4 Å². The minimum atomic E-state index is -1.27. The number of nitrogens with two attached hydrogens (primary N) is 1. The van der Waals surface area contributed by atoms with Crippen molar-refractivity contribution in [1.82, 2.24) is 19.5 Å². The molecule has 2 aromatic rings. The van der Waals surface area contributed by atoms with Crippen LogP contribution < -0.4 is 5.73 Å². The Morgan fingerprint density at radius 3 is 2.91 bits per heavy atom. The number of aromatic nitrogens is 4. The summed E-state index contributed by atoms with van der Waals surface area (Å²) in [6.45, 7) is -0.273. The number of nitrogen functional groups attached to an aromatic ring is 1. The highest BCUT2D eigenvalue weighted by Gasteiger charge is 2.45. The van der Waals surface area contributed by atoms with Crippen molar-refractivity contribution in [3.05, 3.63) is 12.7 Å². The van der Waals surface area contributed by atoms with Gasteiger partial charge < -0.3 is 30.2 Å². The van der Waals surface area contributed by atoms with Gasteiger partial charge in [-0.2, -0.15) is 0 Å². The van der Waals surface area contributed by atoms with E-state index >= 15 is 0 Å². The second kappa shape index (κ2) is 5.95. The molecule has 0 saturated carbocycles. The lowest BCUT2D eigenvalue weighted by atomic mass is 10.1. The molecule has 1 aliphatic heterocycles. The Morgan fingerprint density at radius 2 is 2.17 bits per heavy atom. The maximum absolute atomic E-state index is 11.0. The van der Waals surface area contributed by atoms with Crippen LogP contribution in [0.1, 0.15) is 6.23 Å². The van der Waals surface area contributed by atoms with Crippen LogP contribution in [-0.2, 0) is 14.2 Å². The maximum Gasteiger partial charge on any atom is 0.508 e. The van der Waals surface area contributed by atoms with E-state index in [-0.39, 0.29) is 12.4 Å². The highest BCUT2D eigenvalue weighted by Crippen LogP contribution is 2.32. The van der Waals surface area contributed by atoms with Crippen LogP contribution in [0.2, 0.25) is 0 Å². The van der Waals surface area contributed by atoms with Gasteiger partial charge in [-0.05, 0) is 0 Å². The molecule has 2 aromatic heterocycles. The molecular formula is C12H15N5O6.